The molecule has 222 valence electrons. The van der Waals surface area contributed by atoms with Crippen molar-refractivity contribution in [2.24, 2.45) is 0 Å². The van der Waals surface area contributed by atoms with Gasteiger partial charge in [0.15, 0.2) is 0 Å². The minimum Gasteiger partial charge on any atom is -0.494 e. The van der Waals surface area contributed by atoms with Crippen molar-refractivity contribution in [3.05, 3.63) is 29.8 Å². The van der Waals surface area contributed by atoms with Crippen molar-refractivity contribution in [2.75, 3.05) is 6.61 Å². The molecular formula is C37H68O. The van der Waals surface area contributed by atoms with Crippen LogP contribution in [0.15, 0.2) is 24.3 Å². The zero-order chi connectivity index (χ0) is 27.2. The fourth-order valence-corrected chi connectivity index (χ4v) is 5.65. The Morgan fingerprint density at radius 3 is 1.00 bits per heavy atom. The Bertz CT molecular complexity index is 563. The van der Waals surface area contributed by atoms with E-state index in [-0.39, 0.29) is 0 Å². The summed E-state index contributed by atoms with van der Waals surface area (Å²) in [4.78, 5) is 0. The first-order chi connectivity index (χ1) is 18.9. The summed E-state index contributed by atoms with van der Waals surface area (Å²) in [6.07, 6.45) is 39.9. The lowest BCUT2D eigenvalue weighted by atomic mass is 10.0. The minimum absolute atomic E-state index is 0.868. The number of ether oxygens (including phenoxy) is 1. The fraction of sp³-hybridized carbons (Fsp3) is 0.838. The topological polar surface area (TPSA) is 9.23 Å². The molecule has 0 heterocycles. The van der Waals surface area contributed by atoms with Crippen molar-refractivity contribution in [3.8, 4) is 5.75 Å². The Morgan fingerprint density at radius 1 is 0.368 bits per heavy atom. The molecule has 0 aromatic heterocycles. The van der Waals surface area contributed by atoms with Crippen molar-refractivity contribution in [1.82, 2.24) is 0 Å². The van der Waals surface area contributed by atoms with Gasteiger partial charge < -0.3 is 4.74 Å². The van der Waals surface area contributed by atoms with Crippen molar-refractivity contribution < 1.29 is 4.74 Å². The molecule has 0 aliphatic rings. The molecule has 1 rings (SSSR count). The quantitative estimate of drug-likeness (QED) is 0.0902. The molecule has 0 atom stereocenters. The summed E-state index contributed by atoms with van der Waals surface area (Å²) in [7, 11) is 0. The normalized spacial score (nSPS) is 11.3. The fourth-order valence-electron chi connectivity index (χ4n) is 5.65. The highest BCUT2D eigenvalue weighted by Crippen LogP contribution is 2.17. The number of hydrogen-bond donors (Lipinski definition) is 0. The van der Waals surface area contributed by atoms with Crippen molar-refractivity contribution in [2.45, 2.75) is 194 Å². The Kier molecular flexibility index (Phi) is 26.8. The lowest BCUT2D eigenvalue weighted by molar-refractivity contribution is 0.304. The van der Waals surface area contributed by atoms with Gasteiger partial charge in [-0.1, -0.05) is 193 Å². The van der Waals surface area contributed by atoms with Crippen LogP contribution in [0.3, 0.4) is 0 Å². The van der Waals surface area contributed by atoms with Crippen LogP contribution >= 0.6 is 0 Å². The van der Waals surface area contributed by atoms with Crippen LogP contribution in [0.5, 0.6) is 5.75 Å². The summed E-state index contributed by atoms with van der Waals surface area (Å²) in [5.74, 6) is 1.03. The van der Waals surface area contributed by atoms with Gasteiger partial charge in [0, 0.05) is 0 Å². The third kappa shape index (κ3) is 24.1. The van der Waals surface area contributed by atoms with Gasteiger partial charge in [-0.25, -0.2) is 0 Å². The van der Waals surface area contributed by atoms with E-state index in [1.54, 1.807) is 0 Å². The second-order valence-corrected chi connectivity index (χ2v) is 12.1. The molecular weight excluding hydrogens is 460 g/mol. The Labute approximate surface area is 240 Å². The maximum absolute atomic E-state index is 5.89. The average Bonchev–Trinajstić information content (AvgIpc) is 2.93. The molecule has 0 spiro atoms. The third-order valence-corrected chi connectivity index (χ3v) is 8.23. The van der Waals surface area contributed by atoms with E-state index in [1.165, 1.54) is 185 Å². The standard InChI is InChI=1S/C37H68O/c1-3-5-6-7-8-9-10-11-12-13-14-15-16-17-18-19-20-21-22-23-24-25-26-27-28-29-35-38-37-33-31-36(30-4-2)32-34-37/h31-34H,3-30,35H2,1-2H3. The second-order valence-electron chi connectivity index (χ2n) is 12.1. The highest BCUT2D eigenvalue weighted by molar-refractivity contribution is 5.27. The first-order valence-electron chi connectivity index (χ1n) is 17.6. The maximum atomic E-state index is 5.89. The van der Waals surface area contributed by atoms with Gasteiger partial charge in [-0.05, 0) is 30.5 Å². The highest BCUT2D eigenvalue weighted by Gasteiger charge is 1.98. The van der Waals surface area contributed by atoms with Gasteiger partial charge in [-0.15, -0.1) is 0 Å². The molecule has 38 heavy (non-hydrogen) atoms. The third-order valence-electron chi connectivity index (χ3n) is 8.23. The molecule has 0 saturated heterocycles. The molecule has 0 radical (unpaired) electrons. The summed E-state index contributed by atoms with van der Waals surface area (Å²) in [6, 6.07) is 8.68. The number of rotatable bonds is 30. The van der Waals surface area contributed by atoms with Crippen LogP contribution in [0, 0.1) is 0 Å². The lowest BCUT2D eigenvalue weighted by Crippen LogP contribution is -1.97. The molecule has 0 fully saturated rings. The molecule has 0 bridgehead atoms. The van der Waals surface area contributed by atoms with Gasteiger partial charge in [0.1, 0.15) is 5.75 Å². The summed E-state index contributed by atoms with van der Waals surface area (Å²) in [6.45, 7) is 5.40. The number of hydrogen-bond acceptors (Lipinski definition) is 1. The molecule has 1 aromatic rings. The van der Waals surface area contributed by atoms with Crippen LogP contribution in [0.4, 0.5) is 0 Å². The van der Waals surface area contributed by atoms with Gasteiger partial charge in [0.05, 0.1) is 6.61 Å². The first kappa shape index (κ1) is 35.0. The summed E-state index contributed by atoms with van der Waals surface area (Å²) < 4.78 is 5.89. The van der Waals surface area contributed by atoms with Crippen molar-refractivity contribution in [3.63, 3.8) is 0 Å². The molecule has 0 aliphatic carbocycles. The monoisotopic (exact) mass is 529 g/mol. The van der Waals surface area contributed by atoms with Crippen LogP contribution in [-0.2, 0) is 6.42 Å². The zero-order valence-corrected chi connectivity index (χ0v) is 26.2. The van der Waals surface area contributed by atoms with E-state index in [0.29, 0.717) is 0 Å². The SMILES string of the molecule is CCCCCCCCCCCCCCCCCCCCCCCCCCCCOc1ccc(CCC)cc1. The summed E-state index contributed by atoms with van der Waals surface area (Å²) in [5, 5.41) is 0. The molecule has 0 saturated carbocycles. The van der Waals surface area contributed by atoms with Crippen LogP contribution < -0.4 is 4.74 Å². The van der Waals surface area contributed by atoms with E-state index in [0.717, 1.165) is 12.4 Å². The minimum atomic E-state index is 0.868. The predicted octanol–water partition coefficient (Wildman–Crippen LogP) is 13.2. The number of benzene rings is 1. The van der Waals surface area contributed by atoms with Crippen LogP contribution in [-0.4, -0.2) is 6.61 Å². The van der Waals surface area contributed by atoms with E-state index in [2.05, 4.69) is 38.1 Å². The van der Waals surface area contributed by atoms with Crippen molar-refractivity contribution >= 4 is 0 Å². The molecule has 0 aliphatic heterocycles. The number of unbranched alkanes of at least 4 members (excludes halogenated alkanes) is 25. The summed E-state index contributed by atoms with van der Waals surface area (Å²) >= 11 is 0. The van der Waals surface area contributed by atoms with Gasteiger partial charge in [0.25, 0.3) is 0 Å². The lowest BCUT2D eigenvalue weighted by Gasteiger charge is -2.07. The molecule has 1 nitrogen and oxygen atoms in total. The average molecular weight is 529 g/mol. The van der Waals surface area contributed by atoms with Gasteiger partial charge in [0.2, 0.25) is 0 Å². The van der Waals surface area contributed by atoms with E-state index < -0.39 is 0 Å². The largest absolute Gasteiger partial charge is 0.494 e. The second kappa shape index (κ2) is 29.0. The van der Waals surface area contributed by atoms with E-state index in [1.807, 2.05) is 0 Å². The smallest absolute Gasteiger partial charge is 0.119 e. The molecule has 0 amide bonds. The van der Waals surface area contributed by atoms with Gasteiger partial charge in [-0.3, -0.25) is 0 Å². The molecule has 0 N–H and O–H groups in total. The molecule has 1 aromatic carbocycles. The van der Waals surface area contributed by atoms with Crippen LogP contribution in [0.25, 0.3) is 0 Å². The highest BCUT2D eigenvalue weighted by atomic mass is 16.5. The van der Waals surface area contributed by atoms with E-state index in [4.69, 9.17) is 4.74 Å². The van der Waals surface area contributed by atoms with Gasteiger partial charge in [-0.2, -0.15) is 0 Å². The first-order valence-corrected chi connectivity index (χ1v) is 17.6. The Balaban J connectivity index is 1.68. The van der Waals surface area contributed by atoms with Crippen LogP contribution in [0.2, 0.25) is 0 Å². The van der Waals surface area contributed by atoms with E-state index >= 15 is 0 Å². The Hall–Kier alpha value is -0.980. The predicted molar refractivity (Wildman–Crippen MR) is 172 cm³/mol. The van der Waals surface area contributed by atoms with Gasteiger partial charge >= 0.3 is 0 Å². The summed E-state index contributed by atoms with van der Waals surface area (Å²) in [5.41, 5.74) is 1.42. The maximum Gasteiger partial charge on any atom is 0.119 e. The van der Waals surface area contributed by atoms with Crippen molar-refractivity contribution in [1.29, 1.82) is 0 Å². The molecule has 0 unspecified atom stereocenters. The number of aryl methyl sites for hydroxylation is 1. The van der Waals surface area contributed by atoms with Crippen LogP contribution in [0.1, 0.15) is 193 Å². The Morgan fingerprint density at radius 2 is 0.684 bits per heavy atom. The zero-order valence-electron chi connectivity index (χ0n) is 26.2. The molecule has 1 heteroatoms. The van der Waals surface area contributed by atoms with E-state index in [9.17, 15) is 0 Å².